The van der Waals surface area contributed by atoms with E-state index in [1.54, 1.807) is 12.1 Å². The van der Waals surface area contributed by atoms with Crippen LogP contribution in [0.5, 0.6) is 0 Å². The zero-order valence-electron chi connectivity index (χ0n) is 17.5. The van der Waals surface area contributed by atoms with Crippen molar-refractivity contribution >= 4 is 29.6 Å². The molecule has 7 nitrogen and oxygen atoms in total. The van der Waals surface area contributed by atoms with Crippen LogP contribution < -0.4 is 10.2 Å². The normalized spacial score (nSPS) is 17.2. The average molecular weight is 427 g/mol. The van der Waals surface area contributed by atoms with Gasteiger partial charge in [-0.2, -0.15) is 0 Å². The van der Waals surface area contributed by atoms with E-state index >= 15 is 0 Å². The van der Waals surface area contributed by atoms with Gasteiger partial charge in [-0.1, -0.05) is 30.3 Å². The van der Waals surface area contributed by atoms with E-state index in [1.807, 2.05) is 19.1 Å². The minimum absolute atomic E-state index is 0.0459. The molecular formula is C25H21N3O4. The number of aryl methyl sites for hydroxylation is 1. The van der Waals surface area contributed by atoms with Crippen LogP contribution in [0.2, 0.25) is 0 Å². The summed E-state index contributed by atoms with van der Waals surface area (Å²) in [6.07, 6.45) is 3.00. The molecule has 1 fully saturated rings. The van der Waals surface area contributed by atoms with Gasteiger partial charge in [0.25, 0.3) is 11.8 Å². The molecule has 4 amide bonds. The van der Waals surface area contributed by atoms with Gasteiger partial charge in [0.15, 0.2) is 0 Å². The number of carbonyl (C=O) groups excluding carboxylic acids is 3. The number of nitrogens with zero attached hydrogens (tertiary/aromatic N) is 2. The summed E-state index contributed by atoms with van der Waals surface area (Å²) in [5.74, 6) is -0.892. The molecule has 32 heavy (non-hydrogen) atoms. The minimum atomic E-state index is -0.755. The standard InChI is InChI=1S/C25H21N3O4/c1-16-11-20(27-13-18-5-2-3-6-19(18)14-27)9-8-17(16)12-22-23(29)26-25(31)28(24(22)30)15-21-7-4-10-32-21/h2-12H,13-15H2,1H3,(H,26,29,31). The van der Waals surface area contributed by atoms with Crippen LogP contribution in [0.1, 0.15) is 28.0 Å². The van der Waals surface area contributed by atoms with Gasteiger partial charge in [-0.3, -0.25) is 19.8 Å². The number of hydrogen-bond donors (Lipinski definition) is 1. The van der Waals surface area contributed by atoms with Crippen LogP contribution >= 0.6 is 0 Å². The molecule has 0 aliphatic carbocycles. The number of benzene rings is 2. The van der Waals surface area contributed by atoms with Gasteiger partial charge in [-0.05, 0) is 59.5 Å². The number of rotatable bonds is 4. The number of anilines is 1. The summed E-state index contributed by atoms with van der Waals surface area (Å²) in [5, 5.41) is 2.24. The molecule has 160 valence electrons. The summed E-state index contributed by atoms with van der Waals surface area (Å²) in [5.41, 5.74) is 5.32. The summed E-state index contributed by atoms with van der Waals surface area (Å²) in [4.78, 5) is 40.8. The van der Waals surface area contributed by atoms with E-state index in [2.05, 4.69) is 40.5 Å². The van der Waals surface area contributed by atoms with Gasteiger partial charge in [0.1, 0.15) is 11.3 Å². The van der Waals surface area contributed by atoms with E-state index in [9.17, 15) is 14.4 Å². The van der Waals surface area contributed by atoms with E-state index in [0.717, 1.165) is 34.8 Å². The van der Waals surface area contributed by atoms with Gasteiger partial charge in [0.05, 0.1) is 12.8 Å². The molecule has 1 N–H and O–H groups in total. The maximum absolute atomic E-state index is 12.9. The second-order valence-corrected chi connectivity index (χ2v) is 7.95. The molecule has 0 spiro atoms. The van der Waals surface area contributed by atoms with Crippen molar-refractivity contribution < 1.29 is 18.8 Å². The molecule has 0 saturated carbocycles. The number of nitrogens with one attached hydrogen (secondary N) is 1. The van der Waals surface area contributed by atoms with Crippen molar-refractivity contribution in [3.63, 3.8) is 0 Å². The molecule has 1 saturated heterocycles. The van der Waals surface area contributed by atoms with E-state index in [-0.39, 0.29) is 12.1 Å². The molecule has 7 heteroatoms. The quantitative estimate of drug-likeness (QED) is 0.506. The van der Waals surface area contributed by atoms with E-state index in [4.69, 9.17) is 4.42 Å². The molecule has 3 aromatic rings. The van der Waals surface area contributed by atoms with Crippen LogP contribution in [0.25, 0.3) is 6.08 Å². The second-order valence-electron chi connectivity index (χ2n) is 7.95. The summed E-state index contributed by atoms with van der Waals surface area (Å²) < 4.78 is 5.23. The molecular weight excluding hydrogens is 406 g/mol. The van der Waals surface area contributed by atoms with Crippen LogP contribution in [0.3, 0.4) is 0 Å². The highest BCUT2D eigenvalue weighted by Crippen LogP contribution is 2.30. The lowest BCUT2D eigenvalue weighted by Crippen LogP contribution is -2.53. The highest BCUT2D eigenvalue weighted by molar-refractivity contribution is 6.31. The van der Waals surface area contributed by atoms with Crippen LogP contribution in [0, 0.1) is 6.92 Å². The fraction of sp³-hybridized carbons (Fsp3) is 0.160. The number of urea groups is 1. The molecule has 2 aliphatic rings. The Bertz CT molecular complexity index is 1230. The van der Waals surface area contributed by atoms with Gasteiger partial charge in [-0.25, -0.2) is 4.79 Å². The second kappa shape index (κ2) is 7.85. The number of fused-ring (bicyclic) bond motifs is 1. The number of hydrogen-bond acceptors (Lipinski definition) is 5. The monoisotopic (exact) mass is 427 g/mol. The Balaban J connectivity index is 1.39. The minimum Gasteiger partial charge on any atom is -0.467 e. The molecule has 0 atom stereocenters. The Labute approximate surface area is 184 Å². The maximum atomic E-state index is 12.9. The Hall–Kier alpha value is -4.13. The third-order valence-corrected chi connectivity index (χ3v) is 5.84. The van der Waals surface area contributed by atoms with Gasteiger partial charge in [-0.15, -0.1) is 0 Å². The Kier molecular flexibility index (Phi) is 4.86. The lowest BCUT2D eigenvalue weighted by Gasteiger charge is -2.25. The number of imide groups is 2. The summed E-state index contributed by atoms with van der Waals surface area (Å²) >= 11 is 0. The smallest absolute Gasteiger partial charge is 0.331 e. The summed E-state index contributed by atoms with van der Waals surface area (Å²) in [7, 11) is 0. The lowest BCUT2D eigenvalue weighted by atomic mass is 10.0. The van der Waals surface area contributed by atoms with Crippen molar-refractivity contribution in [1.29, 1.82) is 0 Å². The lowest BCUT2D eigenvalue weighted by molar-refractivity contribution is -0.130. The zero-order valence-corrected chi connectivity index (χ0v) is 17.5. The number of furan rings is 1. The first-order chi connectivity index (χ1) is 15.5. The fourth-order valence-corrected chi connectivity index (χ4v) is 4.09. The third-order valence-electron chi connectivity index (χ3n) is 5.84. The third kappa shape index (κ3) is 3.58. The highest BCUT2D eigenvalue weighted by Gasteiger charge is 2.36. The average Bonchev–Trinajstić information content (AvgIpc) is 3.44. The van der Waals surface area contributed by atoms with Crippen molar-refractivity contribution in [3.8, 4) is 0 Å². The van der Waals surface area contributed by atoms with Gasteiger partial charge in [0.2, 0.25) is 0 Å². The molecule has 5 rings (SSSR count). The van der Waals surface area contributed by atoms with Crippen molar-refractivity contribution in [2.75, 3.05) is 4.90 Å². The summed E-state index contributed by atoms with van der Waals surface area (Å²) in [6, 6.07) is 16.9. The van der Waals surface area contributed by atoms with Crippen molar-refractivity contribution in [2.24, 2.45) is 0 Å². The van der Waals surface area contributed by atoms with E-state index in [0.29, 0.717) is 5.76 Å². The van der Waals surface area contributed by atoms with E-state index < -0.39 is 17.8 Å². The van der Waals surface area contributed by atoms with Crippen LogP contribution in [-0.4, -0.2) is 22.7 Å². The van der Waals surface area contributed by atoms with Crippen molar-refractivity contribution in [3.05, 3.63) is 94.4 Å². The molecule has 3 heterocycles. The van der Waals surface area contributed by atoms with Crippen LogP contribution in [0.4, 0.5) is 10.5 Å². The van der Waals surface area contributed by atoms with E-state index in [1.165, 1.54) is 23.5 Å². The molecule has 0 radical (unpaired) electrons. The van der Waals surface area contributed by atoms with Crippen molar-refractivity contribution in [1.82, 2.24) is 10.2 Å². The molecule has 0 unspecified atom stereocenters. The molecule has 2 aromatic carbocycles. The fourth-order valence-electron chi connectivity index (χ4n) is 4.09. The Morgan fingerprint density at radius 1 is 1.00 bits per heavy atom. The number of carbonyl (C=O) groups is 3. The maximum Gasteiger partial charge on any atom is 0.331 e. The van der Waals surface area contributed by atoms with Crippen LogP contribution in [-0.2, 0) is 29.2 Å². The first-order valence-corrected chi connectivity index (χ1v) is 10.3. The molecule has 0 bridgehead atoms. The van der Waals surface area contributed by atoms with Crippen molar-refractivity contribution in [2.45, 2.75) is 26.6 Å². The topological polar surface area (TPSA) is 82.9 Å². The SMILES string of the molecule is Cc1cc(N2Cc3ccccc3C2)ccc1C=C1C(=O)NC(=O)N(Cc2ccco2)C1=O. The predicted molar refractivity (Wildman–Crippen MR) is 118 cm³/mol. The van der Waals surface area contributed by atoms with Gasteiger partial charge >= 0.3 is 6.03 Å². The van der Waals surface area contributed by atoms with Gasteiger partial charge < -0.3 is 9.32 Å². The largest absolute Gasteiger partial charge is 0.467 e. The number of amides is 4. The Morgan fingerprint density at radius 2 is 1.75 bits per heavy atom. The first kappa shape index (κ1) is 19.8. The highest BCUT2D eigenvalue weighted by atomic mass is 16.3. The van der Waals surface area contributed by atoms with Crippen LogP contribution in [0.15, 0.2) is 70.9 Å². The molecule has 1 aromatic heterocycles. The summed E-state index contributed by atoms with van der Waals surface area (Å²) in [6.45, 7) is 3.59. The number of barbiturate groups is 1. The van der Waals surface area contributed by atoms with Gasteiger partial charge in [0, 0.05) is 18.8 Å². The first-order valence-electron chi connectivity index (χ1n) is 10.3. The molecule has 2 aliphatic heterocycles. The predicted octanol–water partition coefficient (Wildman–Crippen LogP) is 3.77. The Morgan fingerprint density at radius 3 is 2.41 bits per heavy atom. The zero-order chi connectivity index (χ0) is 22.2.